The number of piperidine rings is 1. The molecule has 3 aromatic heterocycles. The first-order valence-electron chi connectivity index (χ1n) is 8.28. The fourth-order valence-corrected chi connectivity index (χ4v) is 3.31. The van der Waals surface area contributed by atoms with E-state index in [2.05, 4.69) is 15.2 Å². The molecule has 0 aromatic carbocycles. The molecule has 6 heteroatoms. The second-order valence-corrected chi connectivity index (χ2v) is 6.27. The van der Waals surface area contributed by atoms with Crippen molar-refractivity contribution in [2.45, 2.75) is 19.3 Å². The molecular weight excluding hydrogens is 302 g/mol. The van der Waals surface area contributed by atoms with Gasteiger partial charge in [-0.05, 0) is 49.4 Å². The van der Waals surface area contributed by atoms with Crippen LogP contribution >= 0.6 is 0 Å². The van der Waals surface area contributed by atoms with Crippen molar-refractivity contribution in [1.82, 2.24) is 24.5 Å². The molecule has 24 heavy (non-hydrogen) atoms. The van der Waals surface area contributed by atoms with Crippen LogP contribution in [0.4, 0.5) is 0 Å². The van der Waals surface area contributed by atoms with Crippen molar-refractivity contribution in [3.05, 3.63) is 60.3 Å². The summed E-state index contributed by atoms with van der Waals surface area (Å²) in [6.07, 6.45) is 10.1. The topological polar surface area (TPSA) is 63.4 Å². The summed E-state index contributed by atoms with van der Waals surface area (Å²) in [4.78, 5) is 18.9. The van der Waals surface area contributed by atoms with Crippen LogP contribution in [-0.4, -0.2) is 43.5 Å². The number of fused-ring (bicyclic) bond motifs is 1. The second kappa shape index (κ2) is 6.39. The maximum atomic E-state index is 12.7. The minimum Gasteiger partial charge on any atom is -0.339 e. The van der Waals surface area contributed by atoms with Gasteiger partial charge in [-0.25, -0.2) is 4.98 Å². The Morgan fingerprint density at radius 2 is 2.04 bits per heavy atom. The minimum absolute atomic E-state index is 0.101. The van der Waals surface area contributed by atoms with Gasteiger partial charge < -0.3 is 9.30 Å². The standard InChI is InChI=1S/C18H19N5O/c24-18(15-3-4-17-19-8-11-23(17)13-15)22-9-5-14(6-10-22)12-16-2-1-7-20-21-16/h1-4,7-8,11,13-14H,5-6,9-10,12H2. The zero-order chi connectivity index (χ0) is 16.4. The molecule has 0 spiro atoms. The number of amides is 1. The number of likely N-dealkylation sites (tertiary alicyclic amines) is 1. The van der Waals surface area contributed by atoms with Crippen LogP contribution in [0.2, 0.25) is 0 Å². The van der Waals surface area contributed by atoms with E-state index < -0.39 is 0 Å². The maximum absolute atomic E-state index is 12.7. The van der Waals surface area contributed by atoms with E-state index in [1.54, 1.807) is 12.4 Å². The Bertz CT molecular complexity index is 837. The number of hydrogen-bond acceptors (Lipinski definition) is 4. The molecule has 0 bridgehead atoms. The number of carbonyl (C=O) groups is 1. The van der Waals surface area contributed by atoms with E-state index in [-0.39, 0.29) is 5.91 Å². The van der Waals surface area contributed by atoms with Gasteiger partial charge in [0.2, 0.25) is 0 Å². The number of pyridine rings is 1. The Morgan fingerprint density at radius 1 is 1.17 bits per heavy atom. The van der Waals surface area contributed by atoms with Crippen molar-refractivity contribution in [3.63, 3.8) is 0 Å². The van der Waals surface area contributed by atoms with E-state index in [1.165, 1.54) is 0 Å². The Labute approximate surface area is 140 Å². The highest BCUT2D eigenvalue weighted by atomic mass is 16.2. The second-order valence-electron chi connectivity index (χ2n) is 6.27. The summed E-state index contributed by atoms with van der Waals surface area (Å²) < 4.78 is 1.88. The molecule has 1 saturated heterocycles. The fourth-order valence-electron chi connectivity index (χ4n) is 3.31. The molecule has 4 heterocycles. The number of aromatic nitrogens is 4. The molecule has 1 aliphatic rings. The molecule has 1 amide bonds. The normalized spacial score (nSPS) is 15.8. The van der Waals surface area contributed by atoms with Gasteiger partial charge in [-0.15, -0.1) is 0 Å². The number of hydrogen-bond donors (Lipinski definition) is 0. The third kappa shape index (κ3) is 2.99. The van der Waals surface area contributed by atoms with Gasteiger partial charge in [-0.2, -0.15) is 10.2 Å². The molecular formula is C18H19N5O. The molecule has 0 N–H and O–H groups in total. The number of rotatable bonds is 3. The molecule has 6 nitrogen and oxygen atoms in total. The van der Waals surface area contributed by atoms with Gasteiger partial charge in [-0.3, -0.25) is 4.79 Å². The average Bonchev–Trinajstić information content (AvgIpc) is 3.10. The van der Waals surface area contributed by atoms with Crippen LogP contribution in [0.5, 0.6) is 0 Å². The molecule has 0 saturated carbocycles. The molecule has 1 aliphatic heterocycles. The quantitative estimate of drug-likeness (QED) is 0.742. The van der Waals surface area contributed by atoms with Gasteiger partial charge in [0.25, 0.3) is 5.91 Å². The van der Waals surface area contributed by atoms with E-state index in [9.17, 15) is 4.79 Å². The zero-order valence-electron chi connectivity index (χ0n) is 13.4. The van der Waals surface area contributed by atoms with Crippen molar-refractivity contribution < 1.29 is 4.79 Å². The van der Waals surface area contributed by atoms with E-state index >= 15 is 0 Å². The lowest BCUT2D eigenvalue weighted by atomic mass is 9.92. The van der Waals surface area contributed by atoms with Crippen molar-refractivity contribution in [2.24, 2.45) is 5.92 Å². The minimum atomic E-state index is 0.101. The van der Waals surface area contributed by atoms with Crippen molar-refractivity contribution >= 4 is 11.6 Å². The SMILES string of the molecule is O=C(c1ccc2nccn2c1)N1CCC(Cc2cccnn2)CC1. The fraction of sp³-hybridized carbons (Fsp3) is 0.333. The summed E-state index contributed by atoms with van der Waals surface area (Å²) in [7, 11) is 0. The maximum Gasteiger partial charge on any atom is 0.255 e. The lowest BCUT2D eigenvalue weighted by Gasteiger charge is -2.32. The first-order chi connectivity index (χ1) is 11.8. The van der Waals surface area contributed by atoms with Gasteiger partial charge in [0.05, 0.1) is 11.3 Å². The van der Waals surface area contributed by atoms with E-state index in [0.717, 1.165) is 43.7 Å². The third-order valence-electron chi connectivity index (χ3n) is 4.66. The summed E-state index contributed by atoms with van der Waals surface area (Å²) in [5.74, 6) is 0.672. The molecule has 0 unspecified atom stereocenters. The molecule has 0 radical (unpaired) electrons. The van der Waals surface area contributed by atoms with Gasteiger partial charge >= 0.3 is 0 Å². The summed E-state index contributed by atoms with van der Waals surface area (Å²) in [5, 5.41) is 8.09. The smallest absolute Gasteiger partial charge is 0.255 e. The highest BCUT2D eigenvalue weighted by Crippen LogP contribution is 2.22. The molecule has 1 fully saturated rings. The lowest BCUT2D eigenvalue weighted by Crippen LogP contribution is -2.39. The van der Waals surface area contributed by atoms with E-state index in [1.807, 2.05) is 46.0 Å². The van der Waals surface area contributed by atoms with Crippen LogP contribution in [0.15, 0.2) is 49.1 Å². The Hall–Kier alpha value is -2.76. The first-order valence-corrected chi connectivity index (χ1v) is 8.28. The average molecular weight is 321 g/mol. The first kappa shape index (κ1) is 14.8. The van der Waals surface area contributed by atoms with Crippen LogP contribution < -0.4 is 0 Å². The largest absolute Gasteiger partial charge is 0.339 e. The third-order valence-corrected chi connectivity index (χ3v) is 4.66. The Kier molecular flexibility index (Phi) is 3.94. The highest BCUT2D eigenvalue weighted by Gasteiger charge is 2.24. The van der Waals surface area contributed by atoms with Gasteiger partial charge in [0.1, 0.15) is 5.65 Å². The monoisotopic (exact) mass is 321 g/mol. The highest BCUT2D eigenvalue weighted by molar-refractivity contribution is 5.94. The molecule has 3 aromatic rings. The van der Waals surface area contributed by atoms with E-state index in [0.29, 0.717) is 11.5 Å². The van der Waals surface area contributed by atoms with Crippen molar-refractivity contribution in [2.75, 3.05) is 13.1 Å². The van der Waals surface area contributed by atoms with Crippen molar-refractivity contribution in [3.8, 4) is 0 Å². The predicted octanol–water partition coefficient (Wildman–Crippen LogP) is 2.22. The van der Waals surface area contributed by atoms with E-state index in [4.69, 9.17) is 0 Å². The Balaban J connectivity index is 1.39. The van der Waals surface area contributed by atoms with Gasteiger partial charge in [-0.1, -0.05) is 0 Å². The van der Waals surface area contributed by atoms with Gasteiger partial charge in [0, 0.05) is 37.9 Å². The molecule has 122 valence electrons. The molecule has 0 atom stereocenters. The summed E-state index contributed by atoms with van der Waals surface area (Å²) in [6, 6.07) is 7.68. The van der Waals surface area contributed by atoms with Crippen LogP contribution in [0, 0.1) is 5.92 Å². The van der Waals surface area contributed by atoms with Crippen LogP contribution in [0.25, 0.3) is 5.65 Å². The zero-order valence-corrected chi connectivity index (χ0v) is 13.4. The number of carbonyl (C=O) groups excluding carboxylic acids is 1. The van der Waals surface area contributed by atoms with Gasteiger partial charge in [0.15, 0.2) is 0 Å². The molecule has 0 aliphatic carbocycles. The van der Waals surface area contributed by atoms with Crippen molar-refractivity contribution in [1.29, 1.82) is 0 Å². The van der Waals surface area contributed by atoms with Crippen LogP contribution in [-0.2, 0) is 6.42 Å². The number of nitrogens with zero attached hydrogens (tertiary/aromatic N) is 5. The lowest BCUT2D eigenvalue weighted by molar-refractivity contribution is 0.0689. The molecule has 4 rings (SSSR count). The Morgan fingerprint density at radius 3 is 2.83 bits per heavy atom. The van der Waals surface area contributed by atoms with Crippen LogP contribution in [0.1, 0.15) is 28.9 Å². The predicted molar refractivity (Wildman–Crippen MR) is 89.6 cm³/mol. The summed E-state index contributed by atoms with van der Waals surface area (Å²) in [6.45, 7) is 1.59. The summed E-state index contributed by atoms with van der Waals surface area (Å²) >= 11 is 0. The van der Waals surface area contributed by atoms with Crippen LogP contribution in [0.3, 0.4) is 0 Å². The number of imidazole rings is 1. The summed E-state index contributed by atoms with van der Waals surface area (Å²) in [5.41, 5.74) is 2.61.